The minimum atomic E-state index is -4.37. The molecule has 1 aromatic carbocycles. The second kappa shape index (κ2) is 4.00. The zero-order valence-electron chi connectivity index (χ0n) is 7.81. The van der Waals surface area contributed by atoms with Gasteiger partial charge in [0.1, 0.15) is 6.04 Å². The highest BCUT2D eigenvalue weighted by Crippen LogP contribution is 2.32. The molecule has 0 saturated carbocycles. The van der Waals surface area contributed by atoms with Gasteiger partial charge in [-0.1, -0.05) is 31.2 Å². The first-order valence-electron chi connectivity index (χ1n) is 4.37. The Labute approximate surface area is 80.7 Å². The molecule has 0 unspecified atom stereocenters. The molecule has 0 amide bonds. The third-order valence-corrected chi connectivity index (χ3v) is 2.12. The van der Waals surface area contributed by atoms with E-state index in [9.17, 15) is 13.2 Å². The van der Waals surface area contributed by atoms with Gasteiger partial charge < -0.3 is 5.73 Å². The van der Waals surface area contributed by atoms with Crippen molar-refractivity contribution in [2.45, 2.75) is 25.6 Å². The Morgan fingerprint density at radius 2 is 1.86 bits per heavy atom. The number of aryl methyl sites for hydroxylation is 1. The lowest BCUT2D eigenvalue weighted by atomic mass is 9.99. The lowest BCUT2D eigenvalue weighted by Gasteiger charge is -2.18. The highest BCUT2D eigenvalue weighted by molar-refractivity contribution is 5.30. The van der Waals surface area contributed by atoms with Crippen LogP contribution in [0.25, 0.3) is 0 Å². The maximum absolute atomic E-state index is 12.3. The fourth-order valence-corrected chi connectivity index (χ4v) is 1.34. The van der Waals surface area contributed by atoms with Crippen LogP contribution < -0.4 is 5.73 Å². The molecule has 0 fully saturated rings. The van der Waals surface area contributed by atoms with Crippen molar-refractivity contribution in [1.29, 1.82) is 0 Å². The van der Waals surface area contributed by atoms with Crippen molar-refractivity contribution in [2.75, 3.05) is 0 Å². The van der Waals surface area contributed by atoms with Crippen molar-refractivity contribution < 1.29 is 13.2 Å². The van der Waals surface area contributed by atoms with Crippen LogP contribution in [0.1, 0.15) is 24.1 Å². The van der Waals surface area contributed by atoms with Crippen LogP contribution in [0.2, 0.25) is 0 Å². The smallest absolute Gasteiger partial charge is 0.316 e. The average Bonchev–Trinajstić information content (AvgIpc) is 2.15. The maximum atomic E-state index is 12.3. The van der Waals surface area contributed by atoms with Crippen LogP contribution in [0, 0.1) is 0 Å². The van der Waals surface area contributed by atoms with E-state index in [1.54, 1.807) is 18.2 Å². The number of hydrogen-bond acceptors (Lipinski definition) is 1. The van der Waals surface area contributed by atoms with E-state index in [1.165, 1.54) is 6.07 Å². The Bertz CT molecular complexity index is 306. The minimum Gasteiger partial charge on any atom is -0.316 e. The minimum absolute atomic E-state index is 0.169. The van der Waals surface area contributed by atoms with E-state index in [-0.39, 0.29) is 5.56 Å². The molecule has 0 aliphatic rings. The predicted octanol–water partition coefficient (Wildman–Crippen LogP) is 2.81. The van der Waals surface area contributed by atoms with Gasteiger partial charge in [-0.25, -0.2) is 0 Å². The average molecular weight is 203 g/mol. The summed E-state index contributed by atoms with van der Waals surface area (Å²) >= 11 is 0. The summed E-state index contributed by atoms with van der Waals surface area (Å²) in [5.41, 5.74) is 5.94. The molecule has 14 heavy (non-hydrogen) atoms. The van der Waals surface area contributed by atoms with Crippen LogP contribution in [-0.4, -0.2) is 6.18 Å². The first-order chi connectivity index (χ1) is 6.46. The second-order valence-corrected chi connectivity index (χ2v) is 3.07. The summed E-state index contributed by atoms with van der Waals surface area (Å²) in [5, 5.41) is 0. The summed E-state index contributed by atoms with van der Waals surface area (Å²) in [4.78, 5) is 0. The summed E-state index contributed by atoms with van der Waals surface area (Å²) in [6.07, 6.45) is -3.81. The molecule has 1 atom stereocenters. The topological polar surface area (TPSA) is 26.0 Å². The molecular weight excluding hydrogens is 191 g/mol. The fraction of sp³-hybridized carbons (Fsp3) is 0.400. The van der Waals surface area contributed by atoms with Gasteiger partial charge in [0.2, 0.25) is 0 Å². The van der Waals surface area contributed by atoms with Gasteiger partial charge in [0.05, 0.1) is 0 Å². The summed E-state index contributed by atoms with van der Waals surface area (Å²) in [6, 6.07) is 4.50. The highest BCUT2D eigenvalue weighted by atomic mass is 19.4. The molecular formula is C10H12F3N. The molecule has 0 spiro atoms. The van der Waals surface area contributed by atoms with Gasteiger partial charge in [-0.2, -0.15) is 13.2 Å². The number of hydrogen-bond donors (Lipinski definition) is 1. The predicted molar refractivity (Wildman–Crippen MR) is 48.8 cm³/mol. The molecule has 1 aromatic rings. The number of halogens is 3. The number of nitrogens with two attached hydrogens (primary N) is 1. The molecule has 0 aromatic heterocycles. The lowest BCUT2D eigenvalue weighted by Crippen LogP contribution is -2.29. The molecule has 2 N–H and O–H groups in total. The van der Waals surface area contributed by atoms with Gasteiger partial charge in [0, 0.05) is 0 Å². The van der Waals surface area contributed by atoms with Gasteiger partial charge >= 0.3 is 6.18 Å². The highest BCUT2D eigenvalue weighted by Gasteiger charge is 2.38. The van der Waals surface area contributed by atoms with Crippen LogP contribution in [0.3, 0.4) is 0 Å². The van der Waals surface area contributed by atoms with Crippen LogP contribution >= 0.6 is 0 Å². The molecule has 78 valence electrons. The Kier molecular flexibility index (Phi) is 3.16. The zero-order valence-corrected chi connectivity index (χ0v) is 7.81. The molecule has 0 radical (unpaired) electrons. The van der Waals surface area contributed by atoms with Gasteiger partial charge in [-0.05, 0) is 17.5 Å². The summed E-state index contributed by atoms with van der Waals surface area (Å²) < 4.78 is 37.0. The second-order valence-electron chi connectivity index (χ2n) is 3.07. The summed E-state index contributed by atoms with van der Waals surface area (Å²) in [7, 11) is 0. The van der Waals surface area contributed by atoms with Crippen LogP contribution in [-0.2, 0) is 6.42 Å². The van der Waals surface area contributed by atoms with Crippen molar-refractivity contribution in [2.24, 2.45) is 5.73 Å². The van der Waals surface area contributed by atoms with E-state index >= 15 is 0 Å². The molecule has 0 aliphatic carbocycles. The first-order valence-corrected chi connectivity index (χ1v) is 4.37. The van der Waals surface area contributed by atoms with Crippen LogP contribution in [0.15, 0.2) is 24.3 Å². The van der Waals surface area contributed by atoms with Crippen molar-refractivity contribution in [1.82, 2.24) is 0 Å². The molecule has 0 saturated heterocycles. The Morgan fingerprint density at radius 3 is 2.36 bits per heavy atom. The molecule has 4 heteroatoms. The fourth-order valence-electron chi connectivity index (χ4n) is 1.34. The number of alkyl halides is 3. The zero-order chi connectivity index (χ0) is 10.8. The maximum Gasteiger partial charge on any atom is 0.407 e. The Morgan fingerprint density at radius 1 is 1.29 bits per heavy atom. The lowest BCUT2D eigenvalue weighted by molar-refractivity contribution is -0.149. The van der Waals surface area contributed by atoms with E-state index in [0.29, 0.717) is 12.0 Å². The first kappa shape index (κ1) is 11.0. The number of benzene rings is 1. The van der Waals surface area contributed by atoms with Crippen molar-refractivity contribution in [3.05, 3.63) is 35.4 Å². The summed E-state index contributed by atoms with van der Waals surface area (Å²) in [5.74, 6) is 0. The van der Waals surface area contributed by atoms with E-state index in [1.807, 2.05) is 6.92 Å². The Hall–Kier alpha value is -1.03. The molecule has 0 aliphatic heterocycles. The standard InChI is InChI=1S/C10H12F3N/c1-2-7-5-3-4-6-8(7)9(14)10(11,12)13/h3-6,9H,2,14H2,1H3/t9-/m0/s1. The van der Waals surface area contributed by atoms with Gasteiger partial charge in [-0.15, -0.1) is 0 Å². The third kappa shape index (κ3) is 2.26. The SMILES string of the molecule is CCc1ccccc1[C@H](N)C(F)(F)F. The van der Waals surface area contributed by atoms with Gasteiger partial charge in [-0.3, -0.25) is 0 Å². The van der Waals surface area contributed by atoms with Gasteiger partial charge in [0.15, 0.2) is 0 Å². The Balaban J connectivity index is 3.06. The van der Waals surface area contributed by atoms with Crippen molar-refractivity contribution in [3.63, 3.8) is 0 Å². The van der Waals surface area contributed by atoms with Crippen molar-refractivity contribution in [3.8, 4) is 0 Å². The molecule has 1 rings (SSSR count). The quantitative estimate of drug-likeness (QED) is 0.785. The summed E-state index contributed by atoms with van der Waals surface area (Å²) in [6.45, 7) is 1.81. The largest absolute Gasteiger partial charge is 0.407 e. The van der Waals surface area contributed by atoms with E-state index in [4.69, 9.17) is 5.73 Å². The third-order valence-electron chi connectivity index (χ3n) is 2.12. The number of rotatable bonds is 2. The monoisotopic (exact) mass is 203 g/mol. The molecule has 0 bridgehead atoms. The molecule has 0 heterocycles. The van der Waals surface area contributed by atoms with Crippen LogP contribution in [0.4, 0.5) is 13.2 Å². The molecule has 1 nitrogen and oxygen atoms in total. The van der Waals surface area contributed by atoms with Crippen molar-refractivity contribution >= 4 is 0 Å². The van der Waals surface area contributed by atoms with Crippen LogP contribution in [0.5, 0.6) is 0 Å². The van der Waals surface area contributed by atoms with E-state index in [2.05, 4.69) is 0 Å². The van der Waals surface area contributed by atoms with Gasteiger partial charge in [0.25, 0.3) is 0 Å². The van der Waals surface area contributed by atoms with E-state index < -0.39 is 12.2 Å². The van der Waals surface area contributed by atoms with E-state index in [0.717, 1.165) is 0 Å². The normalized spacial score (nSPS) is 14.1.